The highest BCUT2D eigenvalue weighted by molar-refractivity contribution is 5.95. The molecule has 0 amide bonds. The van der Waals surface area contributed by atoms with E-state index in [0.29, 0.717) is 17.9 Å². The predicted octanol–water partition coefficient (Wildman–Crippen LogP) is 0.675. The zero-order valence-electron chi connectivity index (χ0n) is 10.5. The van der Waals surface area contributed by atoms with Crippen molar-refractivity contribution < 1.29 is 14.3 Å². The fraction of sp³-hybridized carbons (Fsp3) is 0.500. The summed E-state index contributed by atoms with van der Waals surface area (Å²) in [5.41, 5.74) is 6.39. The number of nitrogens with two attached hydrogens (primary N) is 1. The van der Waals surface area contributed by atoms with Crippen molar-refractivity contribution in [3.05, 3.63) is 17.8 Å². The molecule has 1 atom stereocenters. The number of carbonyl (C=O) groups is 1. The summed E-state index contributed by atoms with van der Waals surface area (Å²) in [6, 6.07) is 1.67. The number of pyridine rings is 1. The molecular formula is C12H17N3O3. The molecule has 1 aliphatic heterocycles. The molecule has 0 spiro atoms. The van der Waals surface area contributed by atoms with Crippen molar-refractivity contribution in [2.24, 2.45) is 0 Å². The van der Waals surface area contributed by atoms with Crippen LogP contribution in [0.5, 0.6) is 0 Å². The molecule has 6 nitrogen and oxygen atoms in total. The van der Waals surface area contributed by atoms with Crippen LogP contribution < -0.4 is 10.6 Å². The monoisotopic (exact) mass is 251 g/mol. The van der Waals surface area contributed by atoms with Crippen LogP contribution in [0.25, 0.3) is 0 Å². The van der Waals surface area contributed by atoms with E-state index in [1.165, 1.54) is 13.3 Å². The van der Waals surface area contributed by atoms with Crippen molar-refractivity contribution >= 4 is 17.5 Å². The quantitative estimate of drug-likeness (QED) is 0.779. The number of nitrogen functional groups attached to an aromatic ring is 1. The van der Waals surface area contributed by atoms with Crippen LogP contribution in [-0.2, 0) is 9.47 Å². The van der Waals surface area contributed by atoms with Gasteiger partial charge in [0.05, 0.1) is 37.3 Å². The van der Waals surface area contributed by atoms with Gasteiger partial charge >= 0.3 is 5.97 Å². The largest absolute Gasteiger partial charge is 0.465 e. The van der Waals surface area contributed by atoms with Crippen LogP contribution in [0.2, 0.25) is 0 Å². The highest BCUT2D eigenvalue weighted by atomic mass is 16.5. The normalized spacial score (nSPS) is 19.7. The van der Waals surface area contributed by atoms with E-state index in [0.717, 1.165) is 18.9 Å². The van der Waals surface area contributed by atoms with Crippen LogP contribution >= 0.6 is 0 Å². The molecule has 1 aliphatic rings. The number of nitrogens with zero attached hydrogens (tertiary/aromatic N) is 2. The minimum Gasteiger partial charge on any atom is -0.465 e. The molecule has 2 heterocycles. The van der Waals surface area contributed by atoms with Crippen LogP contribution in [0, 0.1) is 0 Å². The first kappa shape index (κ1) is 12.6. The fourth-order valence-corrected chi connectivity index (χ4v) is 1.94. The SMILES string of the molecule is COC(=O)c1cc(N2CCOC(C)C2)ncc1N. The Labute approximate surface area is 106 Å². The lowest BCUT2D eigenvalue weighted by molar-refractivity contribution is 0.0529. The summed E-state index contributed by atoms with van der Waals surface area (Å²) in [6.07, 6.45) is 1.64. The van der Waals surface area contributed by atoms with Gasteiger partial charge in [0.25, 0.3) is 0 Å². The van der Waals surface area contributed by atoms with Crippen LogP contribution in [-0.4, -0.2) is 43.9 Å². The van der Waals surface area contributed by atoms with Crippen molar-refractivity contribution in [2.75, 3.05) is 37.4 Å². The van der Waals surface area contributed by atoms with Gasteiger partial charge in [-0.2, -0.15) is 0 Å². The Kier molecular flexibility index (Phi) is 3.66. The van der Waals surface area contributed by atoms with Gasteiger partial charge in [-0.3, -0.25) is 0 Å². The van der Waals surface area contributed by atoms with E-state index >= 15 is 0 Å². The number of hydrogen-bond donors (Lipinski definition) is 1. The van der Waals surface area contributed by atoms with Crippen molar-refractivity contribution in [1.29, 1.82) is 0 Å². The molecule has 6 heteroatoms. The lowest BCUT2D eigenvalue weighted by Gasteiger charge is -2.32. The third-order valence-corrected chi connectivity index (χ3v) is 2.89. The second kappa shape index (κ2) is 5.22. The van der Waals surface area contributed by atoms with Gasteiger partial charge in [-0.15, -0.1) is 0 Å². The predicted molar refractivity (Wildman–Crippen MR) is 67.6 cm³/mol. The standard InChI is InChI=1S/C12H17N3O3/c1-8-7-15(3-4-18-8)11-5-9(12(16)17-2)10(13)6-14-11/h5-6,8H,3-4,7,13H2,1-2H3. The third-order valence-electron chi connectivity index (χ3n) is 2.89. The molecule has 0 aromatic carbocycles. The second-order valence-electron chi connectivity index (χ2n) is 4.25. The zero-order valence-corrected chi connectivity index (χ0v) is 10.5. The maximum absolute atomic E-state index is 11.6. The molecule has 2 rings (SSSR count). The van der Waals surface area contributed by atoms with E-state index in [9.17, 15) is 4.79 Å². The maximum atomic E-state index is 11.6. The molecule has 0 radical (unpaired) electrons. The summed E-state index contributed by atoms with van der Waals surface area (Å²) in [5.74, 6) is 0.275. The Balaban J connectivity index is 2.26. The van der Waals surface area contributed by atoms with Gasteiger partial charge in [0.15, 0.2) is 0 Å². The Bertz CT molecular complexity index is 450. The molecule has 1 aromatic rings. The van der Waals surface area contributed by atoms with Crippen molar-refractivity contribution in [1.82, 2.24) is 4.98 Å². The molecule has 0 bridgehead atoms. The van der Waals surface area contributed by atoms with E-state index < -0.39 is 5.97 Å². The summed E-state index contributed by atoms with van der Waals surface area (Å²) in [6.45, 7) is 4.16. The van der Waals surface area contributed by atoms with Crippen molar-refractivity contribution in [3.8, 4) is 0 Å². The van der Waals surface area contributed by atoms with E-state index in [1.807, 2.05) is 6.92 Å². The molecule has 2 N–H and O–H groups in total. The van der Waals surface area contributed by atoms with Gasteiger partial charge < -0.3 is 20.1 Å². The van der Waals surface area contributed by atoms with Crippen LogP contribution in [0.3, 0.4) is 0 Å². The summed E-state index contributed by atoms with van der Waals surface area (Å²) in [7, 11) is 1.33. The Hall–Kier alpha value is -1.82. The fourth-order valence-electron chi connectivity index (χ4n) is 1.94. The third kappa shape index (κ3) is 2.53. The first-order chi connectivity index (χ1) is 8.61. The summed E-state index contributed by atoms with van der Waals surface area (Å²) < 4.78 is 10.2. The summed E-state index contributed by atoms with van der Waals surface area (Å²) >= 11 is 0. The second-order valence-corrected chi connectivity index (χ2v) is 4.25. The van der Waals surface area contributed by atoms with Gasteiger partial charge in [0, 0.05) is 13.1 Å². The van der Waals surface area contributed by atoms with Gasteiger partial charge in [-0.05, 0) is 13.0 Å². The van der Waals surface area contributed by atoms with Gasteiger partial charge in [-0.1, -0.05) is 0 Å². The molecule has 1 unspecified atom stereocenters. The molecule has 0 saturated carbocycles. The molecule has 1 fully saturated rings. The summed E-state index contributed by atoms with van der Waals surface area (Å²) in [4.78, 5) is 17.9. The van der Waals surface area contributed by atoms with Gasteiger partial charge in [0.2, 0.25) is 0 Å². The minimum atomic E-state index is -0.447. The average molecular weight is 251 g/mol. The number of methoxy groups -OCH3 is 1. The molecule has 18 heavy (non-hydrogen) atoms. The minimum absolute atomic E-state index is 0.152. The number of esters is 1. The number of ether oxygens (including phenoxy) is 2. The maximum Gasteiger partial charge on any atom is 0.340 e. The number of hydrogen-bond acceptors (Lipinski definition) is 6. The Morgan fingerprint density at radius 1 is 1.67 bits per heavy atom. The molecule has 1 aromatic heterocycles. The van der Waals surface area contributed by atoms with Crippen molar-refractivity contribution in [3.63, 3.8) is 0 Å². The topological polar surface area (TPSA) is 77.7 Å². The summed E-state index contributed by atoms with van der Waals surface area (Å²) in [5, 5.41) is 0. The number of aromatic nitrogens is 1. The van der Waals surface area contributed by atoms with E-state index in [2.05, 4.69) is 9.88 Å². The van der Waals surface area contributed by atoms with Crippen LogP contribution in [0.15, 0.2) is 12.3 Å². The highest BCUT2D eigenvalue weighted by Gasteiger charge is 2.20. The van der Waals surface area contributed by atoms with Gasteiger partial charge in [-0.25, -0.2) is 9.78 Å². The highest BCUT2D eigenvalue weighted by Crippen LogP contribution is 2.20. The van der Waals surface area contributed by atoms with Crippen LogP contribution in [0.4, 0.5) is 11.5 Å². The van der Waals surface area contributed by atoms with E-state index in [-0.39, 0.29) is 6.10 Å². The lowest BCUT2D eigenvalue weighted by atomic mass is 10.2. The van der Waals surface area contributed by atoms with E-state index in [1.54, 1.807) is 6.07 Å². The number of rotatable bonds is 2. The van der Waals surface area contributed by atoms with Crippen LogP contribution in [0.1, 0.15) is 17.3 Å². The van der Waals surface area contributed by atoms with Gasteiger partial charge in [0.1, 0.15) is 5.82 Å². The average Bonchev–Trinajstić information content (AvgIpc) is 2.38. The number of anilines is 2. The molecule has 98 valence electrons. The van der Waals surface area contributed by atoms with Crippen molar-refractivity contribution in [2.45, 2.75) is 13.0 Å². The number of carbonyl (C=O) groups excluding carboxylic acids is 1. The lowest BCUT2D eigenvalue weighted by Crippen LogP contribution is -2.41. The molecular weight excluding hydrogens is 234 g/mol. The number of morpholine rings is 1. The van der Waals surface area contributed by atoms with E-state index in [4.69, 9.17) is 15.2 Å². The molecule has 1 saturated heterocycles. The zero-order chi connectivity index (χ0) is 13.1. The smallest absolute Gasteiger partial charge is 0.340 e. The Morgan fingerprint density at radius 2 is 2.44 bits per heavy atom. The first-order valence-electron chi connectivity index (χ1n) is 5.82. The first-order valence-corrected chi connectivity index (χ1v) is 5.82. The molecule has 0 aliphatic carbocycles. The Morgan fingerprint density at radius 3 is 3.11 bits per heavy atom.